The summed E-state index contributed by atoms with van der Waals surface area (Å²) in [6.45, 7) is 1.18. The van der Waals surface area contributed by atoms with Crippen LogP contribution in [0, 0.1) is 16.7 Å². The largest absolute Gasteiger partial charge is 0.508 e. The molecule has 180 valence electrons. The Morgan fingerprint density at radius 1 is 1.18 bits per heavy atom. The molecule has 4 rings (SSSR count). The van der Waals surface area contributed by atoms with E-state index in [1.54, 1.807) is 0 Å². The molecule has 0 saturated heterocycles. The summed E-state index contributed by atoms with van der Waals surface area (Å²) in [7, 11) is 0.976. The van der Waals surface area contributed by atoms with Crippen LogP contribution < -0.4 is 5.73 Å². The molecule has 0 radical (unpaired) electrons. The molecule has 1 amide bonds. The summed E-state index contributed by atoms with van der Waals surface area (Å²) < 4.78 is 0. The van der Waals surface area contributed by atoms with Crippen LogP contribution in [-0.4, -0.2) is 77.9 Å². The number of nitrogens with two attached hydrogens (primary N) is 1. The molecule has 0 unspecified atom stereocenters. The number of nitrogens with zero attached hydrogens (tertiary/aromatic N) is 2. The molecule has 1 saturated carbocycles. The summed E-state index contributed by atoms with van der Waals surface area (Å²) in [5.74, 6) is -10.9. The lowest BCUT2D eigenvalue weighted by molar-refractivity contribution is -0.182. The van der Waals surface area contributed by atoms with Crippen LogP contribution in [0.3, 0.4) is 0 Å². The second kappa shape index (κ2) is 7.09. The van der Waals surface area contributed by atoms with Gasteiger partial charge in [0.15, 0.2) is 11.4 Å². The fraction of sp³-hybridized carbons (Fsp3) is 0.381. The zero-order valence-corrected chi connectivity index (χ0v) is 17.8. The van der Waals surface area contributed by atoms with Gasteiger partial charge in [-0.15, -0.1) is 4.91 Å². The Labute approximate surface area is 191 Å². The Hall–Kier alpha value is -3.81. The minimum absolute atomic E-state index is 0.0748. The average molecular weight is 475 g/mol. The molecule has 34 heavy (non-hydrogen) atoms. The van der Waals surface area contributed by atoms with Gasteiger partial charge in [-0.3, -0.25) is 19.4 Å². The molecule has 8 N–H and O–H groups in total. The first-order chi connectivity index (χ1) is 15.7. The highest BCUT2D eigenvalue weighted by Crippen LogP contribution is 2.57. The van der Waals surface area contributed by atoms with Crippen LogP contribution in [0.2, 0.25) is 0 Å². The first kappa shape index (κ1) is 23.4. The van der Waals surface area contributed by atoms with E-state index >= 15 is 0 Å². The maximum absolute atomic E-state index is 13.7. The van der Waals surface area contributed by atoms with Crippen molar-refractivity contribution < 1.29 is 45.0 Å². The van der Waals surface area contributed by atoms with Crippen molar-refractivity contribution in [2.45, 2.75) is 30.3 Å². The van der Waals surface area contributed by atoms with Crippen molar-refractivity contribution in [2.75, 3.05) is 7.05 Å². The van der Waals surface area contributed by atoms with Crippen LogP contribution >= 0.6 is 0 Å². The maximum atomic E-state index is 13.7. The van der Waals surface area contributed by atoms with Crippen molar-refractivity contribution in [3.8, 4) is 5.75 Å². The number of carbonyl (C=O) groups excluding carboxylic acids is 3. The Morgan fingerprint density at radius 3 is 2.35 bits per heavy atom. The highest BCUT2D eigenvalue weighted by Gasteiger charge is 2.70. The number of fused-ring (bicyclic) bond motifs is 3. The summed E-state index contributed by atoms with van der Waals surface area (Å²) in [4.78, 5) is 49.9. The van der Waals surface area contributed by atoms with E-state index in [1.807, 2.05) is 0 Å². The second-order valence-corrected chi connectivity index (χ2v) is 8.75. The van der Waals surface area contributed by atoms with Gasteiger partial charge in [-0.05, 0) is 18.6 Å². The molecular weight excluding hydrogens is 454 g/mol. The predicted octanol–water partition coefficient (Wildman–Crippen LogP) is -1.35. The monoisotopic (exact) mass is 475 g/mol. The summed E-state index contributed by atoms with van der Waals surface area (Å²) in [5, 5.41) is 69.2. The number of Topliss-reactive ketones (excluding diaryl/α,β-unsaturated/α-hetero) is 2. The van der Waals surface area contributed by atoms with Crippen molar-refractivity contribution in [1.29, 1.82) is 0 Å². The molecule has 0 bridgehead atoms. The number of benzene rings is 1. The normalized spacial score (nSPS) is 34.9. The number of aliphatic hydroxyl groups excluding tert-OH is 3. The van der Waals surface area contributed by atoms with Crippen molar-refractivity contribution in [3.05, 3.63) is 51.1 Å². The molecule has 0 aliphatic heterocycles. The van der Waals surface area contributed by atoms with E-state index < -0.39 is 81.1 Å². The number of carbonyl (C=O) groups is 3. The quantitative estimate of drug-likeness (QED) is 0.153. The van der Waals surface area contributed by atoms with Crippen molar-refractivity contribution in [2.24, 2.45) is 22.9 Å². The third-order valence-electron chi connectivity index (χ3n) is 7.01. The molecule has 3 aliphatic rings. The van der Waals surface area contributed by atoms with Crippen LogP contribution in [0.4, 0.5) is 0 Å². The number of rotatable bonds is 3. The third-order valence-corrected chi connectivity index (χ3v) is 7.01. The van der Waals surface area contributed by atoms with Crippen LogP contribution in [0.1, 0.15) is 18.1 Å². The van der Waals surface area contributed by atoms with Crippen LogP contribution in [-0.2, 0) is 20.0 Å². The van der Waals surface area contributed by atoms with E-state index in [4.69, 9.17) is 5.73 Å². The van der Waals surface area contributed by atoms with Crippen LogP contribution in [0.25, 0.3) is 5.76 Å². The average Bonchev–Trinajstić information content (AvgIpc) is 2.75. The molecule has 13 heteroatoms. The summed E-state index contributed by atoms with van der Waals surface area (Å²) in [5.41, 5.74) is -2.59. The van der Waals surface area contributed by atoms with Gasteiger partial charge in [0.25, 0.3) is 5.91 Å². The SMILES string of the molecule is CN(N=O)[C@@H]1C(=O)C(C(N)=O)=C(O)[C@@]2(O)C(=O)C3=C(O)c4c(O)cccc4[C@@](C)(O)[C@H]3[C@H](O)[C@@H]12. The molecule has 1 fully saturated rings. The molecular formula is C21H21N3O10. The Morgan fingerprint density at radius 2 is 1.79 bits per heavy atom. The number of ketones is 2. The van der Waals surface area contributed by atoms with E-state index in [0.29, 0.717) is 5.01 Å². The van der Waals surface area contributed by atoms with Gasteiger partial charge in [0.2, 0.25) is 5.78 Å². The number of primary amides is 1. The number of nitroso groups, excluding NO2 is 1. The molecule has 0 heterocycles. The smallest absolute Gasteiger partial charge is 0.255 e. The first-order valence-corrected chi connectivity index (χ1v) is 10.0. The topological polar surface area (TPSA) is 231 Å². The Bertz CT molecular complexity index is 1240. The van der Waals surface area contributed by atoms with Crippen LogP contribution in [0.5, 0.6) is 5.75 Å². The lowest BCUT2D eigenvalue weighted by atomic mass is 9.53. The second-order valence-electron chi connectivity index (χ2n) is 8.75. The van der Waals surface area contributed by atoms with Gasteiger partial charge in [0, 0.05) is 7.05 Å². The predicted molar refractivity (Wildman–Crippen MR) is 111 cm³/mol. The number of hydrogen-bond acceptors (Lipinski definition) is 11. The lowest BCUT2D eigenvalue weighted by Crippen LogP contribution is -2.71. The van der Waals surface area contributed by atoms with E-state index in [2.05, 4.69) is 5.29 Å². The molecule has 1 aromatic carbocycles. The summed E-state index contributed by atoms with van der Waals surface area (Å²) in [6.07, 6.45) is -2.07. The standard InChI is InChI=1S/C21H21N3O10/c1-20(32)6-4-3-5-7(25)8(6)14(26)9-11(20)16(28)12-13(24(2)23-34)15(27)10(19(22)31)18(30)21(12,33)17(9)29/h3-5,11-13,16,25-26,28,30,32-33H,1-2H3,(H2,22,31)/t11-,12-,13+,16+,20-,21+/m1/s1. The van der Waals surface area contributed by atoms with Crippen molar-refractivity contribution >= 4 is 23.2 Å². The maximum Gasteiger partial charge on any atom is 0.255 e. The van der Waals surface area contributed by atoms with Gasteiger partial charge in [-0.1, -0.05) is 12.1 Å². The van der Waals surface area contributed by atoms with E-state index in [-0.39, 0.29) is 11.1 Å². The Kier molecular flexibility index (Phi) is 4.87. The molecule has 1 aromatic rings. The van der Waals surface area contributed by atoms with E-state index in [0.717, 1.165) is 13.1 Å². The molecule has 0 aromatic heterocycles. The number of aliphatic hydroxyl groups is 5. The van der Waals surface area contributed by atoms with E-state index in [1.165, 1.54) is 19.1 Å². The summed E-state index contributed by atoms with van der Waals surface area (Å²) in [6, 6.07) is 1.88. The fourth-order valence-corrected chi connectivity index (χ4v) is 5.49. The minimum atomic E-state index is -3.22. The zero-order valence-electron chi connectivity index (χ0n) is 17.8. The molecule has 0 spiro atoms. The number of phenols is 1. The van der Waals surface area contributed by atoms with Gasteiger partial charge < -0.3 is 36.4 Å². The zero-order chi connectivity index (χ0) is 25.5. The molecule has 13 nitrogen and oxygen atoms in total. The van der Waals surface area contributed by atoms with Gasteiger partial charge in [0.1, 0.15) is 28.9 Å². The van der Waals surface area contributed by atoms with Gasteiger partial charge in [-0.25, -0.2) is 0 Å². The molecule has 6 atom stereocenters. The minimum Gasteiger partial charge on any atom is -0.508 e. The number of amides is 1. The van der Waals surface area contributed by atoms with Crippen LogP contribution in [0.15, 0.2) is 40.4 Å². The number of aromatic hydroxyl groups is 1. The number of phenolic OH excluding ortho intramolecular Hbond substituents is 1. The van der Waals surface area contributed by atoms with Gasteiger partial charge >= 0.3 is 0 Å². The Balaban J connectivity index is 2.11. The molecule has 3 aliphatic carbocycles. The highest BCUT2D eigenvalue weighted by atomic mass is 16.4. The fourth-order valence-electron chi connectivity index (χ4n) is 5.49. The van der Waals surface area contributed by atoms with Crippen molar-refractivity contribution in [3.63, 3.8) is 0 Å². The highest BCUT2D eigenvalue weighted by molar-refractivity contribution is 6.24. The van der Waals surface area contributed by atoms with Crippen molar-refractivity contribution in [1.82, 2.24) is 5.01 Å². The summed E-state index contributed by atoms with van der Waals surface area (Å²) >= 11 is 0. The lowest BCUT2D eigenvalue weighted by Gasteiger charge is -2.54. The van der Waals surface area contributed by atoms with E-state index in [9.17, 15) is 49.9 Å². The van der Waals surface area contributed by atoms with Gasteiger partial charge in [-0.2, -0.15) is 0 Å². The number of likely N-dealkylation sites (N-methyl/N-ethyl adjacent to an activating group) is 1. The van der Waals surface area contributed by atoms with Gasteiger partial charge in [0.05, 0.1) is 40.0 Å². The number of hydrogen-bond donors (Lipinski definition) is 7. The third kappa shape index (κ3) is 2.56. The first-order valence-electron chi connectivity index (χ1n) is 10.0.